The molecule has 0 aliphatic carbocycles. The molecule has 2 nitrogen and oxygen atoms in total. The van der Waals surface area contributed by atoms with Crippen LogP contribution >= 0.6 is 7.14 Å². The zero-order chi connectivity index (χ0) is 17.5. The van der Waals surface area contributed by atoms with Gasteiger partial charge in [0.1, 0.15) is 0 Å². The zero-order valence-electron chi connectivity index (χ0n) is 14.2. The second-order valence-electron chi connectivity index (χ2n) is 5.90. The number of hydrogen-bond donors (Lipinski definition) is 0. The van der Waals surface area contributed by atoms with Crippen LogP contribution in [0.1, 0.15) is 0 Å². The summed E-state index contributed by atoms with van der Waals surface area (Å²) in [4.78, 5) is 2.13. The molecular weight excluding hydrogens is 325 g/mol. The van der Waals surface area contributed by atoms with Crippen molar-refractivity contribution in [1.82, 2.24) is 0 Å². The second-order valence-corrected chi connectivity index (χ2v) is 8.69. The molecule has 3 aromatic rings. The van der Waals surface area contributed by atoms with Gasteiger partial charge in [0, 0.05) is 22.8 Å². The molecule has 0 amide bonds. The standard InChI is InChI=1S/C22H22NOP/c1-2-18-23(20-12-6-3-7-13-20)19-25(24,21-14-8-4-9-15-21)22-16-10-5-11-17-22/h2-17H,1,18-19H2. The molecular formula is C22H22NOP. The monoisotopic (exact) mass is 347 g/mol. The maximum absolute atomic E-state index is 14.2. The first kappa shape index (κ1) is 17.3. The van der Waals surface area contributed by atoms with E-state index in [2.05, 4.69) is 11.5 Å². The third-order valence-electron chi connectivity index (χ3n) is 4.19. The SMILES string of the molecule is C=CCN(CP(=O)(c1ccccc1)c1ccccc1)c1ccccc1. The van der Waals surface area contributed by atoms with Crippen molar-refractivity contribution in [3.8, 4) is 0 Å². The Balaban J connectivity index is 2.06. The summed E-state index contributed by atoms with van der Waals surface area (Å²) >= 11 is 0. The van der Waals surface area contributed by atoms with Gasteiger partial charge in [-0.3, -0.25) is 0 Å². The minimum atomic E-state index is -2.80. The summed E-state index contributed by atoms with van der Waals surface area (Å²) in [7, 11) is -2.80. The van der Waals surface area contributed by atoms with E-state index in [0.717, 1.165) is 16.3 Å². The van der Waals surface area contributed by atoms with Crippen LogP contribution in [0.25, 0.3) is 0 Å². The highest BCUT2D eigenvalue weighted by Crippen LogP contribution is 2.44. The fraction of sp³-hybridized carbons (Fsp3) is 0.0909. The molecule has 0 bridgehead atoms. The molecule has 0 radical (unpaired) electrons. The zero-order valence-corrected chi connectivity index (χ0v) is 15.1. The van der Waals surface area contributed by atoms with Crippen LogP contribution in [-0.4, -0.2) is 12.8 Å². The molecule has 0 heterocycles. The molecule has 3 aromatic carbocycles. The van der Waals surface area contributed by atoms with Gasteiger partial charge in [0.2, 0.25) is 0 Å². The van der Waals surface area contributed by atoms with Crippen LogP contribution < -0.4 is 15.5 Å². The normalized spacial score (nSPS) is 11.0. The summed E-state index contributed by atoms with van der Waals surface area (Å²) in [6, 6.07) is 29.6. The van der Waals surface area contributed by atoms with Gasteiger partial charge in [-0.1, -0.05) is 84.9 Å². The number of anilines is 1. The van der Waals surface area contributed by atoms with Gasteiger partial charge in [-0.15, -0.1) is 6.58 Å². The molecule has 0 fully saturated rings. The van der Waals surface area contributed by atoms with E-state index >= 15 is 0 Å². The molecule has 126 valence electrons. The summed E-state index contributed by atoms with van der Waals surface area (Å²) in [6.07, 6.45) is 2.30. The van der Waals surface area contributed by atoms with Crippen LogP contribution in [-0.2, 0) is 4.57 Å². The summed E-state index contributed by atoms with van der Waals surface area (Å²) in [5.41, 5.74) is 1.05. The molecule has 0 saturated heterocycles. The smallest absolute Gasteiger partial charge is 0.161 e. The Hall–Kier alpha value is -2.57. The van der Waals surface area contributed by atoms with E-state index in [4.69, 9.17) is 0 Å². The van der Waals surface area contributed by atoms with Gasteiger partial charge in [0.15, 0.2) is 7.14 Å². The van der Waals surface area contributed by atoms with Gasteiger partial charge >= 0.3 is 0 Å². The van der Waals surface area contributed by atoms with Crippen LogP contribution in [0.3, 0.4) is 0 Å². The molecule has 0 N–H and O–H groups in total. The van der Waals surface area contributed by atoms with Gasteiger partial charge in [-0.2, -0.15) is 0 Å². The van der Waals surface area contributed by atoms with E-state index in [1.54, 1.807) is 0 Å². The molecule has 0 atom stereocenters. The summed E-state index contributed by atoms with van der Waals surface area (Å²) < 4.78 is 14.2. The highest BCUT2D eigenvalue weighted by Gasteiger charge is 2.29. The molecule has 3 rings (SSSR count). The maximum Gasteiger partial charge on any atom is 0.161 e. The van der Waals surface area contributed by atoms with E-state index in [1.807, 2.05) is 97.1 Å². The second kappa shape index (κ2) is 8.00. The Kier molecular flexibility index (Phi) is 5.53. The lowest BCUT2D eigenvalue weighted by molar-refractivity contribution is 0.586. The lowest BCUT2D eigenvalue weighted by Gasteiger charge is -2.29. The van der Waals surface area contributed by atoms with Gasteiger partial charge in [-0.25, -0.2) is 0 Å². The first-order chi connectivity index (χ1) is 12.2. The van der Waals surface area contributed by atoms with Crippen molar-refractivity contribution in [3.05, 3.63) is 104 Å². The van der Waals surface area contributed by atoms with Crippen molar-refractivity contribution in [3.63, 3.8) is 0 Å². The Morgan fingerprint density at radius 3 is 1.64 bits per heavy atom. The first-order valence-electron chi connectivity index (χ1n) is 8.35. The number of rotatable bonds is 7. The number of para-hydroxylation sites is 1. The average molecular weight is 347 g/mol. The topological polar surface area (TPSA) is 20.3 Å². The Morgan fingerprint density at radius 2 is 1.20 bits per heavy atom. The molecule has 0 saturated carbocycles. The number of nitrogens with zero attached hydrogens (tertiary/aromatic N) is 1. The van der Waals surface area contributed by atoms with Crippen molar-refractivity contribution in [2.75, 3.05) is 17.7 Å². The predicted molar refractivity (Wildman–Crippen MR) is 109 cm³/mol. The van der Waals surface area contributed by atoms with Crippen molar-refractivity contribution < 1.29 is 4.57 Å². The van der Waals surface area contributed by atoms with E-state index in [-0.39, 0.29) is 0 Å². The van der Waals surface area contributed by atoms with Gasteiger partial charge in [0.25, 0.3) is 0 Å². The lowest BCUT2D eigenvalue weighted by atomic mass is 10.3. The van der Waals surface area contributed by atoms with Crippen molar-refractivity contribution in [1.29, 1.82) is 0 Å². The van der Waals surface area contributed by atoms with E-state index in [1.165, 1.54) is 0 Å². The third-order valence-corrected chi connectivity index (χ3v) is 7.19. The molecule has 0 aromatic heterocycles. The van der Waals surface area contributed by atoms with Crippen LogP contribution in [0.5, 0.6) is 0 Å². The Morgan fingerprint density at radius 1 is 0.760 bits per heavy atom. The highest BCUT2D eigenvalue weighted by molar-refractivity contribution is 7.78. The lowest BCUT2D eigenvalue weighted by Crippen LogP contribution is -2.31. The summed E-state index contributed by atoms with van der Waals surface area (Å²) in [6.45, 7) is 4.52. The molecule has 25 heavy (non-hydrogen) atoms. The Bertz CT molecular complexity index is 803. The van der Waals surface area contributed by atoms with Crippen molar-refractivity contribution in [2.45, 2.75) is 0 Å². The van der Waals surface area contributed by atoms with Gasteiger partial charge in [-0.05, 0) is 12.1 Å². The number of hydrogen-bond acceptors (Lipinski definition) is 2. The molecule has 3 heteroatoms. The quantitative estimate of drug-likeness (QED) is 0.458. The molecule has 0 aliphatic heterocycles. The predicted octanol–water partition coefficient (Wildman–Crippen LogP) is 4.65. The van der Waals surface area contributed by atoms with Gasteiger partial charge < -0.3 is 9.46 Å². The summed E-state index contributed by atoms with van der Waals surface area (Å²) in [5, 5.41) is 1.76. The largest absolute Gasteiger partial charge is 0.360 e. The van der Waals surface area contributed by atoms with Crippen LogP contribution in [0, 0.1) is 0 Å². The third kappa shape index (κ3) is 3.92. The van der Waals surface area contributed by atoms with Crippen LogP contribution in [0.15, 0.2) is 104 Å². The van der Waals surface area contributed by atoms with Crippen LogP contribution in [0.4, 0.5) is 5.69 Å². The average Bonchev–Trinajstić information content (AvgIpc) is 2.69. The van der Waals surface area contributed by atoms with Crippen LogP contribution in [0.2, 0.25) is 0 Å². The fourth-order valence-corrected chi connectivity index (χ4v) is 5.62. The molecule has 0 aliphatic rings. The fourth-order valence-electron chi connectivity index (χ4n) is 2.93. The molecule has 0 spiro atoms. The van der Waals surface area contributed by atoms with Crippen molar-refractivity contribution in [2.24, 2.45) is 0 Å². The summed E-state index contributed by atoms with van der Waals surface area (Å²) in [5.74, 6) is 0. The highest BCUT2D eigenvalue weighted by atomic mass is 31.2. The van der Waals surface area contributed by atoms with E-state index < -0.39 is 7.14 Å². The minimum absolute atomic E-state index is 0.442. The van der Waals surface area contributed by atoms with E-state index in [9.17, 15) is 4.57 Å². The van der Waals surface area contributed by atoms with E-state index in [0.29, 0.717) is 12.8 Å². The molecule has 0 unspecified atom stereocenters. The minimum Gasteiger partial charge on any atom is -0.360 e. The van der Waals surface area contributed by atoms with Crippen molar-refractivity contribution >= 4 is 23.4 Å². The maximum atomic E-state index is 14.2. The first-order valence-corrected chi connectivity index (χ1v) is 10.2. The number of benzene rings is 3. The Labute approximate surface area is 149 Å². The van der Waals surface area contributed by atoms with Gasteiger partial charge in [0.05, 0.1) is 6.29 Å².